The van der Waals surface area contributed by atoms with E-state index in [-0.39, 0.29) is 12.2 Å². The van der Waals surface area contributed by atoms with Crippen LogP contribution in [0.15, 0.2) is 0 Å². The summed E-state index contributed by atoms with van der Waals surface area (Å²) in [5, 5.41) is 3.59. The van der Waals surface area contributed by atoms with Crippen LogP contribution in [0.1, 0.15) is 73.6 Å². The van der Waals surface area contributed by atoms with Crippen molar-refractivity contribution in [2.45, 2.75) is 85.9 Å². The highest BCUT2D eigenvalue weighted by molar-refractivity contribution is 5.84. The Bertz CT molecular complexity index is 306. The Kier molecular flexibility index (Phi) is 7.72. The van der Waals surface area contributed by atoms with Crippen molar-refractivity contribution < 1.29 is 4.79 Å². The van der Waals surface area contributed by atoms with Gasteiger partial charge in [0, 0.05) is 6.54 Å². The summed E-state index contributed by atoms with van der Waals surface area (Å²) in [5.74, 6) is 2.16. The Labute approximate surface area is 131 Å². The Morgan fingerprint density at radius 2 is 1.67 bits per heavy atom. The van der Waals surface area contributed by atoms with Crippen molar-refractivity contribution in [2.24, 2.45) is 17.8 Å². The normalized spacial score (nSPS) is 23.1. The lowest BCUT2D eigenvalue weighted by atomic mass is 9.85. The van der Waals surface area contributed by atoms with E-state index in [9.17, 15) is 4.79 Å². The van der Waals surface area contributed by atoms with Gasteiger partial charge in [-0.1, -0.05) is 60.8 Å². The van der Waals surface area contributed by atoms with E-state index in [4.69, 9.17) is 0 Å². The molecule has 2 atom stereocenters. The number of unbranched alkanes of at least 4 members (excludes halogenated alkanes) is 1. The third-order valence-corrected chi connectivity index (χ3v) is 4.88. The van der Waals surface area contributed by atoms with Gasteiger partial charge in [-0.3, -0.25) is 10.1 Å². The van der Waals surface area contributed by atoms with E-state index in [1.165, 1.54) is 0 Å². The van der Waals surface area contributed by atoms with Gasteiger partial charge in [0.25, 0.3) is 0 Å². The topological polar surface area (TPSA) is 32.3 Å². The van der Waals surface area contributed by atoms with Crippen LogP contribution in [-0.4, -0.2) is 29.6 Å². The third kappa shape index (κ3) is 4.98. The second-order valence-corrected chi connectivity index (χ2v) is 7.31. The van der Waals surface area contributed by atoms with Crippen molar-refractivity contribution in [2.75, 3.05) is 6.54 Å². The summed E-state index contributed by atoms with van der Waals surface area (Å²) in [7, 11) is 0. The maximum absolute atomic E-state index is 12.7. The smallest absolute Gasteiger partial charge is 0.241 e. The molecule has 1 N–H and O–H groups in total. The number of nitrogens with zero attached hydrogens (tertiary/aromatic N) is 1. The minimum atomic E-state index is 0.0569. The molecule has 0 bridgehead atoms. The minimum Gasteiger partial charge on any atom is -0.325 e. The molecule has 3 heteroatoms. The molecular formula is C18H36N2O. The van der Waals surface area contributed by atoms with Crippen LogP contribution in [-0.2, 0) is 4.79 Å². The van der Waals surface area contributed by atoms with Crippen LogP contribution in [0.2, 0.25) is 0 Å². The highest BCUT2D eigenvalue weighted by Crippen LogP contribution is 2.26. The highest BCUT2D eigenvalue weighted by Gasteiger charge is 2.39. The fourth-order valence-electron chi connectivity index (χ4n) is 3.51. The summed E-state index contributed by atoms with van der Waals surface area (Å²) in [6.07, 6.45) is 5.72. The molecule has 1 heterocycles. The second kappa shape index (κ2) is 8.77. The number of hydrogen-bond acceptors (Lipinski definition) is 2. The van der Waals surface area contributed by atoms with E-state index in [1.54, 1.807) is 0 Å². The Hall–Kier alpha value is -0.570. The lowest BCUT2D eigenvalue weighted by Crippen LogP contribution is -2.42. The summed E-state index contributed by atoms with van der Waals surface area (Å²) in [4.78, 5) is 14.9. The molecular weight excluding hydrogens is 260 g/mol. The highest BCUT2D eigenvalue weighted by atomic mass is 16.2. The minimum absolute atomic E-state index is 0.0569. The summed E-state index contributed by atoms with van der Waals surface area (Å²) in [5.41, 5.74) is 0. The molecule has 1 amide bonds. The van der Waals surface area contributed by atoms with Gasteiger partial charge in [-0.15, -0.1) is 0 Å². The first-order chi connectivity index (χ1) is 9.92. The predicted octanol–water partition coefficient (Wildman–Crippen LogP) is 4.03. The quantitative estimate of drug-likeness (QED) is 0.696. The number of carbonyl (C=O) groups excluding carboxylic acids is 1. The summed E-state index contributed by atoms with van der Waals surface area (Å²) in [6.45, 7) is 14.4. The Morgan fingerprint density at radius 3 is 2.14 bits per heavy atom. The van der Waals surface area contributed by atoms with E-state index in [0.717, 1.165) is 38.6 Å². The van der Waals surface area contributed by atoms with Crippen LogP contribution >= 0.6 is 0 Å². The Morgan fingerprint density at radius 1 is 1.05 bits per heavy atom. The summed E-state index contributed by atoms with van der Waals surface area (Å²) < 4.78 is 0. The number of carbonyl (C=O) groups is 1. The van der Waals surface area contributed by atoms with Gasteiger partial charge in [-0.2, -0.15) is 0 Å². The molecule has 0 aromatic rings. The van der Waals surface area contributed by atoms with Gasteiger partial charge in [0.1, 0.15) is 0 Å². The van der Waals surface area contributed by atoms with Crippen molar-refractivity contribution in [1.29, 1.82) is 0 Å². The van der Waals surface area contributed by atoms with Gasteiger partial charge < -0.3 is 4.90 Å². The van der Waals surface area contributed by atoms with Gasteiger partial charge in [-0.25, -0.2) is 0 Å². The van der Waals surface area contributed by atoms with E-state index in [0.29, 0.717) is 23.7 Å². The SMILES string of the molecule is CCCCC1NC(CCC)N(CC(C(C)C)C(C)C)C1=O. The van der Waals surface area contributed by atoms with Crippen LogP contribution in [0.5, 0.6) is 0 Å². The molecule has 1 saturated heterocycles. The zero-order valence-electron chi connectivity index (χ0n) is 15.0. The lowest BCUT2D eigenvalue weighted by molar-refractivity contribution is -0.131. The van der Waals surface area contributed by atoms with E-state index in [1.807, 2.05) is 0 Å². The third-order valence-electron chi connectivity index (χ3n) is 4.88. The van der Waals surface area contributed by atoms with Crippen molar-refractivity contribution in [3.8, 4) is 0 Å². The molecule has 0 saturated carbocycles. The molecule has 124 valence electrons. The average Bonchev–Trinajstić information content (AvgIpc) is 2.69. The zero-order valence-corrected chi connectivity index (χ0v) is 15.0. The second-order valence-electron chi connectivity index (χ2n) is 7.31. The maximum atomic E-state index is 12.7. The van der Waals surface area contributed by atoms with E-state index < -0.39 is 0 Å². The number of hydrogen-bond donors (Lipinski definition) is 1. The average molecular weight is 296 g/mol. The molecule has 0 aromatic heterocycles. The van der Waals surface area contributed by atoms with Crippen LogP contribution in [0.25, 0.3) is 0 Å². The summed E-state index contributed by atoms with van der Waals surface area (Å²) in [6, 6.07) is 0.0569. The van der Waals surface area contributed by atoms with Gasteiger partial charge in [0.2, 0.25) is 5.91 Å². The zero-order chi connectivity index (χ0) is 16.0. The number of nitrogens with one attached hydrogen (secondary N) is 1. The van der Waals surface area contributed by atoms with E-state index >= 15 is 0 Å². The first kappa shape index (κ1) is 18.5. The molecule has 1 rings (SSSR count). The van der Waals surface area contributed by atoms with Crippen molar-refractivity contribution in [3.05, 3.63) is 0 Å². The lowest BCUT2D eigenvalue weighted by Gasteiger charge is -2.32. The first-order valence-electron chi connectivity index (χ1n) is 8.98. The number of rotatable bonds is 9. The van der Waals surface area contributed by atoms with Crippen LogP contribution in [0.3, 0.4) is 0 Å². The molecule has 3 nitrogen and oxygen atoms in total. The first-order valence-corrected chi connectivity index (χ1v) is 8.98. The standard InChI is InChI=1S/C18H36N2O/c1-7-9-11-16-18(21)20(17(19-16)10-8-2)12-15(13(3)4)14(5)6/h13-17,19H,7-12H2,1-6H3. The van der Waals surface area contributed by atoms with Gasteiger partial charge in [0.05, 0.1) is 12.2 Å². The monoisotopic (exact) mass is 296 g/mol. The van der Waals surface area contributed by atoms with Crippen molar-refractivity contribution in [1.82, 2.24) is 10.2 Å². The molecule has 1 aliphatic rings. The molecule has 0 radical (unpaired) electrons. The van der Waals surface area contributed by atoms with Crippen molar-refractivity contribution in [3.63, 3.8) is 0 Å². The van der Waals surface area contributed by atoms with Crippen LogP contribution < -0.4 is 5.32 Å². The van der Waals surface area contributed by atoms with Gasteiger partial charge in [0.15, 0.2) is 0 Å². The van der Waals surface area contributed by atoms with Gasteiger partial charge >= 0.3 is 0 Å². The van der Waals surface area contributed by atoms with Crippen LogP contribution in [0, 0.1) is 17.8 Å². The predicted molar refractivity (Wildman–Crippen MR) is 90.0 cm³/mol. The van der Waals surface area contributed by atoms with Gasteiger partial charge in [-0.05, 0) is 30.6 Å². The number of amides is 1. The fraction of sp³-hybridized carbons (Fsp3) is 0.944. The molecule has 0 spiro atoms. The van der Waals surface area contributed by atoms with Crippen LogP contribution in [0.4, 0.5) is 0 Å². The Balaban J connectivity index is 2.77. The molecule has 1 aliphatic heterocycles. The molecule has 21 heavy (non-hydrogen) atoms. The molecule has 2 unspecified atom stereocenters. The van der Waals surface area contributed by atoms with E-state index in [2.05, 4.69) is 51.8 Å². The van der Waals surface area contributed by atoms with Crippen molar-refractivity contribution >= 4 is 5.91 Å². The summed E-state index contributed by atoms with van der Waals surface area (Å²) >= 11 is 0. The maximum Gasteiger partial charge on any atom is 0.241 e. The molecule has 0 aromatic carbocycles. The largest absolute Gasteiger partial charge is 0.325 e. The molecule has 1 fully saturated rings. The fourth-order valence-corrected chi connectivity index (χ4v) is 3.51. The molecule has 0 aliphatic carbocycles.